The molecule has 1 atom stereocenters. The topological polar surface area (TPSA) is 52.6 Å². The number of piperazine rings is 1. The fourth-order valence-electron chi connectivity index (χ4n) is 4.77. The number of amides is 2. The van der Waals surface area contributed by atoms with Crippen molar-refractivity contribution in [2.45, 2.75) is 32.7 Å². The molecule has 162 valence electrons. The number of rotatable bonds is 3. The lowest BCUT2D eigenvalue weighted by Crippen LogP contribution is -2.52. The number of thiophene rings is 1. The third-order valence-electron chi connectivity index (χ3n) is 6.51. The largest absolute Gasteiger partial charge is 0.352 e. The molecule has 1 aromatic carbocycles. The van der Waals surface area contributed by atoms with Gasteiger partial charge in [-0.1, -0.05) is 37.3 Å². The molecule has 5 rings (SSSR count). The number of hydrogen-bond acceptors (Lipinski definition) is 5. The molecule has 2 amide bonds. The Hall–Kier alpha value is -2.67. The predicted octanol–water partition coefficient (Wildman–Crippen LogP) is 4.19. The van der Waals surface area contributed by atoms with Crippen LogP contribution in [0.1, 0.15) is 29.3 Å². The van der Waals surface area contributed by atoms with E-state index in [1.807, 2.05) is 46.4 Å². The highest BCUT2D eigenvalue weighted by Gasteiger charge is 2.28. The van der Waals surface area contributed by atoms with Crippen LogP contribution in [0, 0.1) is 5.92 Å². The highest BCUT2D eigenvalue weighted by atomic mass is 32.1. The molecule has 31 heavy (non-hydrogen) atoms. The van der Waals surface area contributed by atoms with Crippen LogP contribution < -0.4 is 4.90 Å². The Morgan fingerprint density at radius 3 is 2.71 bits per heavy atom. The van der Waals surface area contributed by atoms with Crippen LogP contribution in [0.15, 0.2) is 36.7 Å². The Bertz CT molecular complexity index is 1070. The van der Waals surface area contributed by atoms with E-state index in [9.17, 15) is 4.79 Å². The number of benzene rings is 1. The first-order valence-electron chi connectivity index (χ1n) is 11.1. The maximum absolute atomic E-state index is 12.9. The van der Waals surface area contributed by atoms with Crippen LogP contribution in [-0.2, 0) is 19.4 Å². The van der Waals surface area contributed by atoms with Gasteiger partial charge < -0.3 is 14.7 Å². The summed E-state index contributed by atoms with van der Waals surface area (Å²) in [6.45, 7) is 6.01. The fourth-order valence-corrected chi connectivity index (χ4v) is 6.12. The van der Waals surface area contributed by atoms with Crippen molar-refractivity contribution >= 4 is 33.4 Å². The first-order valence-corrected chi connectivity index (χ1v) is 12.0. The fraction of sp³-hybridized carbons (Fsp3) is 0.458. The van der Waals surface area contributed by atoms with Crippen molar-refractivity contribution in [3.8, 4) is 0 Å². The number of carbonyl (C=O) groups excluding carboxylic acids is 1. The molecule has 6 nitrogen and oxygen atoms in total. The summed E-state index contributed by atoms with van der Waals surface area (Å²) in [5, 5.41) is 1.26. The Morgan fingerprint density at radius 2 is 1.94 bits per heavy atom. The predicted molar refractivity (Wildman–Crippen MR) is 126 cm³/mol. The van der Waals surface area contributed by atoms with Crippen molar-refractivity contribution in [3.63, 3.8) is 0 Å². The molecule has 0 spiro atoms. The molecule has 2 aromatic heterocycles. The Labute approximate surface area is 187 Å². The molecule has 3 heterocycles. The third kappa shape index (κ3) is 3.99. The highest BCUT2D eigenvalue weighted by Crippen LogP contribution is 2.40. The van der Waals surface area contributed by atoms with Crippen LogP contribution in [0.2, 0.25) is 0 Å². The quantitative estimate of drug-likeness (QED) is 0.619. The molecule has 1 aliphatic heterocycles. The molecule has 0 unspecified atom stereocenters. The molecule has 0 N–H and O–H groups in total. The zero-order valence-electron chi connectivity index (χ0n) is 18.3. The first-order chi connectivity index (χ1) is 15.1. The summed E-state index contributed by atoms with van der Waals surface area (Å²) < 4.78 is 0. The molecule has 0 bridgehead atoms. The summed E-state index contributed by atoms with van der Waals surface area (Å²) in [6.07, 6.45) is 5.23. The van der Waals surface area contributed by atoms with E-state index in [4.69, 9.17) is 4.98 Å². The third-order valence-corrected chi connectivity index (χ3v) is 7.67. The van der Waals surface area contributed by atoms with Gasteiger partial charge >= 0.3 is 6.03 Å². The van der Waals surface area contributed by atoms with E-state index in [0.717, 1.165) is 48.1 Å². The summed E-state index contributed by atoms with van der Waals surface area (Å²) in [4.78, 5) is 31.0. The lowest BCUT2D eigenvalue weighted by molar-refractivity contribution is 0.157. The average molecular weight is 436 g/mol. The SMILES string of the molecule is C[C@@H]1CCc2c(sc3ncnc(N4CCN(C(=O)N(C)Cc5ccccc5)CC4)c23)C1. The number of nitrogens with zero attached hydrogens (tertiary/aromatic N) is 5. The minimum absolute atomic E-state index is 0.0956. The van der Waals surface area contributed by atoms with Crippen molar-refractivity contribution in [1.82, 2.24) is 19.8 Å². The molecule has 0 saturated carbocycles. The van der Waals surface area contributed by atoms with Crippen molar-refractivity contribution in [3.05, 3.63) is 52.7 Å². The summed E-state index contributed by atoms with van der Waals surface area (Å²) >= 11 is 1.84. The van der Waals surface area contributed by atoms with Crippen molar-refractivity contribution < 1.29 is 4.79 Å². The monoisotopic (exact) mass is 435 g/mol. The van der Waals surface area contributed by atoms with E-state index in [1.165, 1.54) is 22.2 Å². The van der Waals surface area contributed by atoms with E-state index < -0.39 is 0 Å². The number of carbonyl (C=O) groups is 1. The summed E-state index contributed by atoms with van der Waals surface area (Å²) in [7, 11) is 1.88. The number of urea groups is 1. The standard InChI is InChI=1S/C24H29N5OS/c1-17-8-9-19-20(14-17)31-23-21(19)22(25-16-26-23)28-10-12-29(13-11-28)24(30)27(2)15-18-6-4-3-5-7-18/h3-7,16-17H,8-15H2,1-2H3/t17-/m1/s1. The number of fused-ring (bicyclic) bond motifs is 3. The number of anilines is 1. The van der Waals surface area contributed by atoms with E-state index in [-0.39, 0.29) is 6.03 Å². The smallest absolute Gasteiger partial charge is 0.320 e. The van der Waals surface area contributed by atoms with Gasteiger partial charge in [0.15, 0.2) is 0 Å². The zero-order valence-corrected chi connectivity index (χ0v) is 19.1. The van der Waals surface area contributed by atoms with Gasteiger partial charge in [0.05, 0.1) is 5.39 Å². The summed E-state index contributed by atoms with van der Waals surface area (Å²) in [5.74, 6) is 1.81. The summed E-state index contributed by atoms with van der Waals surface area (Å²) in [5.41, 5.74) is 2.62. The second-order valence-corrected chi connectivity index (χ2v) is 9.91. The normalized spacial score (nSPS) is 18.8. The molecular weight excluding hydrogens is 406 g/mol. The van der Waals surface area contributed by atoms with E-state index >= 15 is 0 Å². The summed E-state index contributed by atoms with van der Waals surface area (Å²) in [6, 6.07) is 10.2. The molecule has 0 radical (unpaired) electrons. The Morgan fingerprint density at radius 1 is 1.16 bits per heavy atom. The first kappa shape index (κ1) is 20.2. The van der Waals surface area contributed by atoms with Gasteiger partial charge in [-0.3, -0.25) is 0 Å². The van der Waals surface area contributed by atoms with Gasteiger partial charge in [-0.2, -0.15) is 0 Å². The highest BCUT2D eigenvalue weighted by molar-refractivity contribution is 7.19. The number of hydrogen-bond donors (Lipinski definition) is 0. The lowest BCUT2D eigenvalue weighted by atomic mass is 9.89. The molecule has 7 heteroatoms. The van der Waals surface area contributed by atoms with Crippen molar-refractivity contribution in [1.29, 1.82) is 0 Å². The second-order valence-electron chi connectivity index (χ2n) is 8.83. The van der Waals surface area contributed by atoms with E-state index in [2.05, 4.69) is 28.9 Å². The van der Waals surface area contributed by atoms with Gasteiger partial charge in [0.2, 0.25) is 0 Å². The minimum atomic E-state index is 0.0956. The zero-order chi connectivity index (χ0) is 21.4. The van der Waals surface area contributed by atoms with Crippen LogP contribution >= 0.6 is 11.3 Å². The van der Waals surface area contributed by atoms with Gasteiger partial charge in [0.1, 0.15) is 17.0 Å². The van der Waals surface area contributed by atoms with Crippen LogP contribution in [0.25, 0.3) is 10.2 Å². The Kier molecular flexibility index (Phi) is 5.52. The van der Waals surface area contributed by atoms with Crippen LogP contribution in [0.5, 0.6) is 0 Å². The van der Waals surface area contributed by atoms with Crippen molar-refractivity contribution in [2.75, 3.05) is 38.1 Å². The average Bonchev–Trinajstić information content (AvgIpc) is 3.17. The van der Waals surface area contributed by atoms with Gasteiger partial charge in [-0.25, -0.2) is 14.8 Å². The molecule has 3 aromatic rings. The number of aromatic nitrogens is 2. The second kappa shape index (κ2) is 8.46. The van der Waals surface area contributed by atoms with Gasteiger partial charge in [-0.05, 0) is 36.3 Å². The Balaban J connectivity index is 1.29. The maximum Gasteiger partial charge on any atom is 0.320 e. The number of aryl methyl sites for hydroxylation is 1. The van der Waals surface area contributed by atoms with Crippen LogP contribution in [0.4, 0.5) is 10.6 Å². The minimum Gasteiger partial charge on any atom is -0.352 e. The maximum atomic E-state index is 12.9. The van der Waals surface area contributed by atoms with Gasteiger partial charge in [-0.15, -0.1) is 11.3 Å². The molecule has 2 aliphatic rings. The lowest BCUT2D eigenvalue weighted by Gasteiger charge is -2.37. The van der Waals surface area contributed by atoms with E-state index in [1.54, 1.807) is 6.33 Å². The molecule has 1 aliphatic carbocycles. The van der Waals surface area contributed by atoms with Crippen LogP contribution in [0.3, 0.4) is 0 Å². The van der Waals surface area contributed by atoms with Crippen LogP contribution in [-0.4, -0.2) is 59.0 Å². The molecule has 1 saturated heterocycles. The van der Waals surface area contributed by atoms with Gasteiger partial charge in [0.25, 0.3) is 0 Å². The van der Waals surface area contributed by atoms with E-state index in [0.29, 0.717) is 19.6 Å². The van der Waals surface area contributed by atoms with Crippen molar-refractivity contribution in [2.24, 2.45) is 5.92 Å². The molecular formula is C24H29N5OS. The van der Waals surface area contributed by atoms with Gasteiger partial charge in [0, 0.05) is 44.6 Å². The molecule has 1 fully saturated rings.